The summed E-state index contributed by atoms with van der Waals surface area (Å²) in [5.74, 6) is 0.675. The maximum atomic E-state index is 13.8. The maximum absolute atomic E-state index is 13.8. The molecule has 3 heteroatoms. The quantitative estimate of drug-likeness (QED) is 0.899. The predicted octanol–water partition coefficient (Wildman–Crippen LogP) is 4.17. The third-order valence-electron chi connectivity index (χ3n) is 4.71. The van der Waals surface area contributed by atoms with E-state index in [2.05, 4.69) is 18.9 Å². The second-order valence-electron chi connectivity index (χ2n) is 6.47. The summed E-state index contributed by atoms with van der Waals surface area (Å²) in [5.41, 5.74) is 8.73. The summed E-state index contributed by atoms with van der Waals surface area (Å²) in [6.07, 6.45) is 4.99. The van der Waals surface area contributed by atoms with Crippen molar-refractivity contribution in [1.29, 1.82) is 0 Å². The van der Waals surface area contributed by atoms with Gasteiger partial charge in [0, 0.05) is 24.8 Å². The molecule has 20 heavy (non-hydrogen) atoms. The van der Waals surface area contributed by atoms with Crippen molar-refractivity contribution in [2.45, 2.75) is 58.5 Å². The first-order valence-corrected chi connectivity index (χ1v) is 7.68. The summed E-state index contributed by atoms with van der Waals surface area (Å²) in [7, 11) is 2.12. The Morgan fingerprint density at radius 3 is 2.40 bits per heavy atom. The minimum absolute atomic E-state index is 0.148. The van der Waals surface area contributed by atoms with E-state index < -0.39 is 0 Å². The van der Waals surface area contributed by atoms with E-state index in [0.717, 1.165) is 17.2 Å². The van der Waals surface area contributed by atoms with Crippen molar-refractivity contribution in [1.82, 2.24) is 0 Å². The number of nitrogens with two attached hydrogens (primary N) is 1. The minimum Gasteiger partial charge on any atom is -0.371 e. The molecule has 1 aliphatic carbocycles. The number of hydrogen-bond donors (Lipinski definition) is 1. The second-order valence-corrected chi connectivity index (χ2v) is 6.47. The topological polar surface area (TPSA) is 29.3 Å². The lowest BCUT2D eigenvalue weighted by molar-refractivity contribution is 0.340. The van der Waals surface area contributed by atoms with Crippen molar-refractivity contribution in [3.05, 3.63) is 29.1 Å². The van der Waals surface area contributed by atoms with Crippen molar-refractivity contribution in [2.24, 2.45) is 11.7 Å². The highest BCUT2D eigenvalue weighted by Crippen LogP contribution is 2.33. The molecular weight excluding hydrogens is 251 g/mol. The van der Waals surface area contributed by atoms with Crippen LogP contribution in [-0.2, 0) is 0 Å². The molecule has 2 rings (SSSR count). The molecule has 1 fully saturated rings. The average molecular weight is 278 g/mol. The molecule has 1 unspecified atom stereocenters. The largest absolute Gasteiger partial charge is 0.371 e. The van der Waals surface area contributed by atoms with E-state index in [0.29, 0.717) is 11.6 Å². The van der Waals surface area contributed by atoms with Crippen molar-refractivity contribution in [3.63, 3.8) is 0 Å². The molecule has 0 saturated heterocycles. The molecule has 1 atom stereocenters. The van der Waals surface area contributed by atoms with Gasteiger partial charge >= 0.3 is 0 Å². The summed E-state index contributed by atoms with van der Waals surface area (Å²) in [6, 6.07) is 3.96. The molecule has 1 aliphatic rings. The summed E-state index contributed by atoms with van der Waals surface area (Å²) in [6.45, 7) is 6.07. The first-order valence-electron chi connectivity index (χ1n) is 7.68. The zero-order valence-corrected chi connectivity index (χ0v) is 13.1. The van der Waals surface area contributed by atoms with Crippen LogP contribution in [-0.4, -0.2) is 13.1 Å². The summed E-state index contributed by atoms with van der Waals surface area (Å²) in [5, 5.41) is 0. The van der Waals surface area contributed by atoms with Crippen LogP contribution in [0.4, 0.5) is 10.1 Å². The van der Waals surface area contributed by atoms with Gasteiger partial charge in [-0.2, -0.15) is 0 Å². The van der Waals surface area contributed by atoms with Gasteiger partial charge in [-0.15, -0.1) is 0 Å². The molecule has 0 radical (unpaired) electrons. The Morgan fingerprint density at radius 1 is 1.25 bits per heavy atom. The van der Waals surface area contributed by atoms with Crippen molar-refractivity contribution in [3.8, 4) is 0 Å². The molecule has 0 aliphatic heterocycles. The molecule has 0 aromatic heterocycles. The Morgan fingerprint density at radius 2 is 1.85 bits per heavy atom. The molecule has 0 bridgehead atoms. The van der Waals surface area contributed by atoms with E-state index in [1.165, 1.54) is 25.7 Å². The van der Waals surface area contributed by atoms with Crippen molar-refractivity contribution < 1.29 is 4.39 Å². The molecule has 2 N–H and O–H groups in total. The molecule has 1 saturated carbocycles. The molecule has 1 aromatic rings. The van der Waals surface area contributed by atoms with E-state index in [1.807, 2.05) is 19.9 Å². The van der Waals surface area contributed by atoms with Gasteiger partial charge in [0.1, 0.15) is 5.82 Å². The van der Waals surface area contributed by atoms with Gasteiger partial charge in [-0.1, -0.05) is 6.92 Å². The van der Waals surface area contributed by atoms with Crippen molar-refractivity contribution >= 4 is 5.69 Å². The Balaban J connectivity index is 2.28. The van der Waals surface area contributed by atoms with Gasteiger partial charge in [0.15, 0.2) is 0 Å². The van der Waals surface area contributed by atoms with Gasteiger partial charge in [-0.25, -0.2) is 4.39 Å². The smallest absolute Gasteiger partial charge is 0.126 e. The van der Waals surface area contributed by atoms with Crippen LogP contribution in [0.1, 0.15) is 56.7 Å². The number of benzene rings is 1. The zero-order chi connectivity index (χ0) is 14.9. The van der Waals surface area contributed by atoms with Crippen LogP contribution in [0, 0.1) is 18.7 Å². The summed E-state index contributed by atoms with van der Waals surface area (Å²) in [4.78, 5) is 2.32. The molecule has 0 heterocycles. The fourth-order valence-corrected chi connectivity index (χ4v) is 3.18. The highest BCUT2D eigenvalue weighted by Gasteiger charge is 2.24. The lowest BCUT2D eigenvalue weighted by Gasteiger charge is -2.36. The van der Waals surface area contributed by atoms with Crippen LogP contribution in [0.3, 0.4) is 0 Å². The van der Waals surface area contributed by atoms with Crippen LogP contribution in [0.2, 0.25) is 0 Å². The van der Waals surface area contributed by atoms with Gasteiger partial charge in [-0.3, -0.25) is 0 Å². The molecule has 0 spiro atoms. The molecule has 0 amide bonds. The standard InChI is InChI=1S/C17H27FN2/c1-11-5-7-14(8-6-11)20(4)17-9-12(2)16(18)10-15(17)13(3)19/h9-11,13-14H,5-8,19H2,1-4H3. The molecular formula is C17H27FN2. The summed E-state index contributed by atoms with van der Waals surface area (Å²) >= 11 is 0. The van der Waals surface area contributed by atoms with E-state index >= 15 is 0 Å². The first kappa shape index (κ1) is 15.3. The average Bonchev–Trinajstić information content (AvgIpc) is 2.41. The van der Waals surface area contributed by atoms with Gasteiger partial charge in [0.25, 0.3) is 0 Å². The number of nitrogens with zero attached hydrogens (tertiary/aromatic N) is 1. The van der Waals surface area contributed by atoms with E-state index in [4.69, 9.17) is 5.73 Å². The Hall–Kier alpha value is -1.09. The van der Waals surface area contributed by atoms with Crippen LogP contribution >= 0.6 is 0 Å². The number of anilines is 1. The van der Waals surface area contributed by atoms with Crippen LogP contribution in [0.25, 0.3) is 0 Å². The summed E-state index contributed by atoms with van der Waals surface area (Å²) < 4.78 is 13.8. The zero-order valence-electron chi connectivity index (χ0n) is 13.1. The van der Waals surface area contributed by atoms with Crippen LogP contribution in [0.5, 0.6) is 0 Å². The second kappa shape index (κ2) is 6.13. The molecule has 2 nitrogen and oxygen atoms in total. The van der Waals surface area contributed by atoms with Crippen LogP contribution in [0.15, 0.2) is 12.1 Å². The Labute approximate surface area is 122 Å². The number of rotatable bonds is 3. The lowest BCUT2D eigenvalue weighted by Crippen LogP contribution is -2.36. The highest BCUT2D eigenvalue weighted by molar-refractivity contribution is 5.57. The third-order valence-corrected chi connectivity index (χ3v) is 4.71. The third kappa shape index (κ3) is 3.14. The molecule has 1 aromatic carbocycles. The fraction of sp³-hybridized carbons (Fsp3) is 0.647. The van der Waals surface area contributed by atoms with Crippen molar-refractivity contribution in [2.75, 3.05) is 11.9 Å². The Kier molecular flexibility index (Phi) is 4.69. The highest BCUT2D eigenvalue weighted by atomic mass is 19.1. The number of aryl methyl sites for hydroxylation is 1. The lowest BCUT2D eigenvalue weighted by atomic mass is 9.86. The van der Waals surface area contributed by atoms with E-state index in [-0.39, 0.29) is 11.9 Å². The first-order chi connectivity index (χ1) is 9.40. The SMILES string of the molecule is Cc1cc(N(C)C2CCC(C)CC2)c(C(C)N)cc1F. The maximum Gasteiger partial charge on any atom is 0.126 e. The van der Waals surface area contributed by atoms with Gasteiger partial charge in [-0.05, 0) is 68.7 Å². The number of hydrogen-bond acceptors (Lipinski definition) is 2. The normalized spacial score (nSPS) is 24.5. The van der Waals surface area contributed by atoms with E-state index in [9.17, 15) is 4.39 Å². The monoisotopic (exact) mass is 278 g/mol. The minimum atomic E-state index is -0.160. The Bertz CT molecular complexity index is 462. The van der Waals surface area contributed by atoms with E-state index in [1.54, 1.807) is 6.07 Å². The van der Waals surface area contributed by atoms with Crippen LogP contribution < -0.4 is 10.6 Å². The fourth-order valence-electron chi connectivity index (χ4n) is 3.18. The van der Waals surface area contributed by atoms with Gasteiger partial charge < -0.3 is 10.6 Å². The van der Waals surface area contributed by atoms with Gasteiger partial charge in [0.05, 0.1) is 0 Å². The predicted molar refractivity (Wildman–Crippen MR) is 83.6 cm³/mol. The van der Waals surface area contributed by atoms with Gasteiger partial charge in [0.2, 0.25) is 0 Å². The number of halogens is 1. The molecule has 112 valence electrons.